The van der Waals surface area contributed by atoms with Gasteiger partial charge in [0.1, 0.15) is 12.7 Å². The molecule has 1 saturated heterocycles. The van der Waals surface area contributed by atoms with Gasteiger partial charge in [0, 0.05) is 12.5 Å². The first-order valence-corrected chi connectivity index (χ1v) is 8.89. The van der Waals surface area contributed by atoms with Gasteiger partial charge in [-0.2, -0.15) is 0 Å². The molecule has 1 aliphatic rings. The molecular formula is C21H23NO4. The number of likely N-dealkylation sites (tertiary alicyclic amines) is 1. The summed E-state index contributed by atoms with van der Waals surface area (Å²) in [5.74, 6) is -0.236. The van der Waals surface area contributed by atoms with E-state index >= 15 is 0 Å². The minimum absolute atomic E-state index is 0.118. The van der Waals surface area contributed by atoms with Crippen molar-refractivity contribution in [2.45, 2.75) is 26.1 Å². The van der Waals surface area contributed by atoms with E-state index in [4.69, 9.17) is 9.47 Å². The van der Waals surface area contributed by atoms with Gasteiger partial charge in [-0.1, -0.05) is 55.5 Å². The maximum absolute atomic E-state index is 12.3. The average Bonchev–Trinajstić information content (AvgIpc) is 3.10. The van der Waals surface area contributed by atoms with Crippen LogP contribution in [0.2, 0.25) is 0 Å². The fraction of sp³-hybridized carbons (Fsp3) is 0.333. The van der Waals surface area contributed by atoms with E-state index in [9.17, 15) is 9.59 Å². The number of carbonyl (C=O) groups is 2. The van der Waals surface area contributed by atoms with Crippen LogP contribution in [0, 0.1) is 5.92 Å². The molecule has 0 N–H and O–H groups in total. The summed E-state index contributed by atoms with van der Waals surface area (Å²) in [6.45, 7) is 3.18. The second kappa shape index (κ2) is 8.52. The highest BCUT2D eigenvalue weighted by Gasteiger charge is 2.37. The lowest BCUT2D eigenvalue weighted by Crippen LogP contribution is -2.31. The Bertz CT molecular complexity index is 732. The van der Waals surface area contributed by atoms with Crippen molar-refractivity contribution >= 4 is 12.1 Å². The summed E-state index contributed by atoms with van der Waals surface area (Å²) in [5.41, 5.74) is 1.46. The number of hydrogen-bond acceptors (Lipinski definition) is 4. The Morgan fingerprint density at radius 1 is 1.00 bits per heavy atom. The van der Waals surface area contributed by atoms with Crippen LogP contribution in [0.25, 0.3) is 0 Å². The topological polar surface area (TPSA) is 55.8 Å². The number of hydrogen-bond donors (Lipinski definition) is 0. The maximum atomic E-state index is 12.3. The van der Waals surface area contributed by atoms with Crippen LogP contribution < -0.4 is 0 Å². The molecule has 2 atom stereocenters. The van der Waals surface area contributed by atoms with E-state index in [1.807, 2.05) is 43.3 Å². The van der Waals surface area contributed by atoms with Crippen molar-refractivity contribution in [2.24, 2.45) is 5.92 Å². The van der Waals surface area contributed by atoms with Crippen LogP contribution >= 0.6 is 0 Å². The summed E-state index contributed by atoms with van der Waals surface area (Å²) in [5, 5.41) is 0. The van der Waals surface area contributed by atoms with Crippen LogP contribution in [-0.4, -0.2) is 36.2 Å². The summed E-state index contributed by atoms with van der Waals surface area (Å²) in [7, 11) is 0. The second-order valence-electron chi connectivity index (χ2n) is 6.42. The molecule has 2 aromatic rings. The summed E-state index contributed by atoms with van der Waals surface area (Å²) >= 11 is 0. The molecule has 0 bridgehead atoms. The predicted octanol–water partition coefficient (Wildman–Crippen LogP) is 3.89. The van der Waals surface area contributed by atoms with E-state index in [0.717, 1.165) is 12.0 Å². The van der Waals surface area contributed by atoms with Crippen LogP contribution in [0.3, 0.4) is 0 Å². The van der Waals surface area contributed by atoms with E-state index in [-0.39, 0.29) is 30.7 Å². The second-order valence-corrected chi connectivity index (χ2v) is 6.42. The molecule has 5 nitrogen and oxygen atoms in total. The highest BCUT2D eigenvalue weighted by Crippen LogP contribution is 2.24. The number of amides is 1. The molecule has 0 aromatic heterocycles. The summed E-state index contributed by atoms with van der Waals surface area (Å²) < 4.78 is 11.0. The summed E-state index contributed by atoms with van der Waals surface area (Å²) in [4.78, 5) is 26.3. The van der Waals surface area contributed by atoms with Crippen molar-refractivity contribution in [3.05, 3.63) is 71.8 Å². The third-order valence-electron chi connectivity index (χ3n) is 4.64. The fourth-order valence-electron chi connectivity index (χ4n) is 3.11. The molecular weight excluding hydrogens is 330 g/mol. The molecule has 0 saturated carbocycles. The van der Waals surface area contributed by atoms with Crippen LogP contribution in [0.15, 0.2) is 60.7 Å². The zero-order valence-electron chi connectivity index (χ0n) is 14.8. The van der Waals surface area contributed by atoms with Crippen molar-refractivity contribution in [1.29, 1.82) is 0 Å². The van der Waals surface area contributed by atoms with Crippen LogP contribution in [0.4, 0.5) is 4.79 Å². The molecule has 0 spiro atoms. The van der Waals surface area contributed by atoms with E-state index in [1.54, 1.807) is 29.2 Å². The monoisotopic (exact) mass is 353 g/mol. The van der Waals surface area contributed by atoms with E-state index in [0.29, 0.717) is 18.7 Å². The van der Waals surface area contributed by atoms with Crippen LogP contribution in [-0.2, 0) is 16.1 Å². The molecule has 136 valence electrons. The van der Waals surface area contributed by atoms with Crippen molar-refractivity contribution in [1.82, 2.24) is 4.90 Å². The maximum Gasteiger partial charge on any atom is 0.410 e. The quantitative estimate of drug-likeness (QED) is 0.765. The molecule has 1 heterocycles. The van der Waals surface area contributed by atoms with E-state index in [2.05, 4.69) is 0 Å². The van der Waals surface area contributed by atoms with Gasteiger partial charge in [-0.05, 0) is 24.1 Å². The Balaban J connectivity index is 1.56. The average molecular weight is 353 g/mol. The SMILES string of the molecule is CC[C@H]1CN(C(=O)OCc2ccccc2)C[C@H]1OC(=O)c1ccccc1. The third-order valence-corrected chi connectivity index (χ3v) is 4.64. The van der Waals surface area contributed by atoms with Gasteiger partial charge in [0.25, 0.3) is 0 Å². The van der Waals surface area contributed by atoms with Gasteiger partial charge in [-0.3, -0.25) is 0 Å². The molecule has 1 amide bonds. The van der Waals surface area contributed by atoms with Crippen molar-refractivity contribution in [3.8, 4) is 0 Å². The molecule has 1 aliphatic heterocycles. The van der Waals surface area contributed by atoms with Gasteiger partial charge in [-0.15, -0.1) is 0 Å². The lowest BCUT2D eigenvalue weighted by Gasteiger charge is -2.17. The highest BCUT2D eigenvalue weighted by atomic mass is 16.6. The Hall–Kier alpha value is -2.82. The molecule has 0 unspecified atom stereocenters. The molecule has 5 heteroatoms. The first kappa shape index (κ1) is 18.0. The molecule has 26 heavy (non-hydrogen) atoms. The predicted molar refractivity (Wildman–Crippen MR) is 97.6 cm³/mol. The summed E-state index contributed by atoms with van der Waals surface area (Å²) in [6.07, 6.45) is 0.150. The fourth-order valence-corrected chi connectivity index (χ4v) is 3.11. The third kappa shape index (κ3) is 4.42. The lowest BCUT2D eigenvalue weighted by molar-refractivity contribution is 0.0224. The Kier molecular flexibility index (Phi) is 5.89. The first-order chi connectivity index (χ1) is 12.7. The molecule has 0 radical (unpaired) electrons. The normalized spacial score (nSPS) is 19.2. The van der Waals surface area contributed by atoms with Crippen molar-refractivity contribution < 1.29 is 19.1 Å². The minimum atomic E-state index is -0.370. The largest absolute Gasteiger partial charge is 0.457 e. The van der Waals surface area contributed by atoms with Crippen molar-refractivity contribution in [2.75, 3.05) is 13.1 Å². The summed E-state index contributed by atoms with van der Waals surface area (Å²) in [6, 6.07) is 18.5. The van der Waals surface area contributed by atoms with Gasteiger partial charge >= 0.3 is 12.1 Å². The zero-order valence-corrected chi connectivity index (χ0v) is 14.8. The van der Waals surface area contributed by atoms with Gasteiger partial charge in [0.15, 0.2) is 0 Å². The standard InChI is InChI=1S/C21H23NO4/c1-2-17-13-22(21(24)25-15-16-9-5-3-6-10-16)14-19(17)26-20(23)18-11-7-4-8-12-18/h3-12,17,19H,2,13-15H2,1H3/t17-,19+/m0/s1. The molecule has 2 aromatic carbocycles. The Morgan fingerprint density at radius 3 is 2.31 bits per heavy atom. The van der Waals surface area contributed by atoms with Crippen LogP contribution in [0.5, 0.6) is 0 Å². The number of rotatable bonds is 5. The number of benzene rings is 2. The minimum Gasteiger partial charge on any atom is -0.457 e. The van der Waals surface area contributed by atoms with Gasteiger partial charge in [0.05, 0.1) is 12.1 Å². The van der Waals surface area contributed by atoms with Gasteiger partial charge in [0.2, 0.25) is 0 Å². The molecule has 0 aliphatic carbocycles. The Labute approximate surface area is 153 Å². The smallest absolute Gasteiger partial charge is 0.410 e. The number of esters is 1. The number of ether oxygens (including phenoxy) is 2. The number of carbonyl (C=O) groups excluding carboxylic acids is 2. The first-order valence-electron chi connectivity index (χ1n) is 8.89. The highest BCUT2D eigenvalue weighted by molar-refractivity contribution is 5.89. The number of nitrogens with zero attached hydrogens (tertiary/aromatic N) is 1. The lowest BCUT2D eigenvalue weighted by atomic mass is 10.0. The van der Waals surface area contributed by atoms with Crippen molar-refractivity contribution in [3.63, 3.8) is 0 Å². The zero-order chi connectivity index (χ0) is 18.4. The van der Waals surface area contributed by atoms with E-state index in [1.165, 1.54) is 0 Å². The van der Waals surface area contributed by atoms with E-state index < -0.39 is 0 Å². The Morgan fingerprint density at radius 2 is 1.65 bits per heavy atom. The van der Waals surface area contributed by atoms with Crippen LogP contribution in [0.1, 0.15) is 29.3 Å². The molecule has 1 fully saturated rings. The van der Waals surface area contributed by atoms with Gasteiger partial charge in [-0.25, -0.2) is 9.59 Å². The molecule has 3 rings (SSSR count). The van der Waals surface area contributed by atoms with Gasteiger partial charge < -0.3 is 14.4 Å².